The SMILES string of the molecule is Cc1cc(C)n(-c2ccc(Cl)c(C(=O)NC3CCCC3CN)n2)n1. The van der Waals surface area contributed by atoms with E-state index in [1.165, 1.54) is 0 Å². The number of hydrogen-bond donors (Lipinski definition) is 2. The zero-order valence-corrected chi connectivity index (χ0v) is 14.7. The molecule has 2 heterocycles. The molecule has 2 aromatic rings. The lowest BCUT2D eigenvalue weighted by atomic mass is 10.0. The van der Waals surface area contributed by atoms with Crippen molar-refractivity contribution in [3.8, 4) is 5.82 Å². The molecule has 2 aromatic heterocycles. The second kappa shape index (κ2) is 6.91. The largest absolute Gasteiger partial charge is 0.348 e. The molecule has 0 aromatic carbocycles. The Morgan fingerprint density at radius 3 is 2.88 bits per heavy atom. The van der Waals surface area contributed by atoms with Gasteiger partial charge in [0.2, 0.25) is 0 Å². The van der Waals surface area contributed by atoms with Crippen LogP contribution in [0.4, 0.5) is 0 Å². The van der Waals surface area contributed by atoms with Gasteiger partial charge in [-0.15, -0.1) is 0 Å². The van der Waals surface area contributed by atoms with Gasteiger partial charge in [-0.05, 0) is 57.4 Å². The van der Waals surface area contributed by atoms with Gasteiger partial charge in [-0.3, -0.25) is 4.79 Å². The highest BCUT2D eigenvalue weighted by atomic mass is 35.5. The number of nitrogens with two attached hydrogens (primary N) is 1. The van der Waals surface area contributed by atoms with E-state index in [9.17, 15) is 4.79 Å². The van der Waals surface area contributed by atoms with Gasteiger partial charge in [-0.2, -0.15) is 5.10 Å². The van der Waals surface area contributed by atoms with Gasteiger partial charge < -0.3 is 11.1 Å². The number of carbonyl (C=O) groups is 1. The maximum Gasteiger partial charge on any atom is 0.271 e. The number of nitrogens with zero attached hydrogens (tertiary/aromatic N) is 3. The molecule has 1 aliphatic rings. The van der Waals surface area contributed by atoms with Crippen LogP contribution in [0.5, 0.6) is 0 Å². The van der Waals surface area contributed by atoms with E-state index < -0.39 is 0 Å². The molecule has 3 rings (SSSR count). The van der Waals surface area contributed by atoms with Crippen LogP contribution < -0.4 is 11.1 Å². The minimum Gasteiger partial charge on any atom is -0.348 e. The number of aromatic nitrogens is 3. The fourth-order valence-electron chi connectivity index (χ4n) is 3.32. The highest BCUT2D eigenvalue weighted by Gasteiger charge is 2.28. The van der Waals surface area contributed by atoms with E-state index in [1.54, 1.807) is 16.8 Å². The van der Waals surface area contributed by atoms with Crippen molar-refractivity contribution in [1.82, 2.24) is 20.1 Å². The first kappa shape index (κ1) is 16.9. The molecule has 1 amide bonds. The van der Waals surface area contributed by atoms with E-state index in [1.807, 2.05) is 19.9 Å². The van der Waals surface area contributed by atoms with Crippen molar-refractivity contribution in [1.29, 1.82) is 0 Å². The zero-order chi connectivity index (χ0) is 17.3. The zero-order valence-electron chi connectivity index (χ0n) is 13.9. The Balaban J connectivity index is 1.86. The molecular weight excluding hydrogens is 326 g/mol. The van der Waals surface area contributed by atoms with Crippen molar-refractivity contribution in [3.63, 3.8) is 0 Å². The van der Waals surface area contributed by atoms with Crippen molar-refractivity contribution >= 4 is 17.5 Å². The molecule has 6 nitrogen and oxygen atoms in total. The first-order valence-corrected chi connectivity index (χ1v) is 8.58. The Hall–Kier alpha value is -1.92. The Morgan fingerprint density at radius 2 is 2.21 bits per heavy atom. The van der Waals surface area contributed by atoms with E-state index in [4.69, 9.17) is 17.3 Å². The Kier molecular flexibility index (Phi) is 4.87. The monoisotopic (exact) mass is 347 g/mol. The molecule has 7 heteroatoms. The Morgan fingerprint density at radius 1 is 1.42 bits per heavy atom. The molecular formula is C17H22ClN5O. The van der Waals surface area contributed by atoms with Crippen LogP contribution in [0.25, 0.3) is 5.82 Å². The van der Waals surface area contributed by atoms with E-state index in [2.05, 4.69) is 15.4 Å². The summed E-state index contributed by atoms with van der Waals surface area (Å²) < 4.78 is 1.71. The molecule has 2 unspecified atom stereocenters. The lowest BCUT2D eigenvalue weighted by Crippen LogP contribution is -2.40. The average Bonchev–Trinajstić information content (AvgIpc) is 3.13. The summed E-state index contributed by atoms with van der Waals surface area (Å²) in [5, 5.41) is 7.78. The first-order valence-electron chi connectivity index (χ1n) is 8.20. The van der Waals surface area contributed by atoms with Gasteiger partial charge in [0, 0.05) is 11.7 Å². The molecule has 0 saturated heterocycles. The molecule has 1 saturated carbocycles. The molecule has 0 radical (unpaired) electrons. The molecule has 3 N–H and O–H groups in total. The highest BCUT2D eigenvalue weighted by molar-refractivity contribution is 6.33. The minimum atomic E-state index is -0.256. The van der Waals surface area contributed by atoms with Crippen LogP contribution in [-0.2, 0) is 0 Å². The van der Waals surface area contributed by atoms with Crippen LogP contribution in [0.15, 0.2) is 18.2 Å². The molecule has 2 atom stereocenters. The topological polar surface area (TPSA) is 85.8 Å². The van der Waals surface area contributed by atoms with Crippen molar-refractivity contribution in [2.75, 3.05) is 6.54 Å². The van der Waals surface area contributed by atoms with Gasteiger partial charge in [0.1, 0.15) is 5.69 Å². The molecule has 0 aliphatic heterocycles. The van der Waals surface area contributed by atoms with Crippen molar-refractivity contribution in [3.05, 3.63) is 40.3 Å². The highest BCUT2D eigenvalue weighted by Crippen LogP contribution is 2.25. The molecule has 1 fully saturated rings. The standard InChI is InChI=1S/C17H22ClN5O/c1-10-8-11(2)23(22-10)15-7-6-13(18)16(21-15)17(24)20-14-5-3-4-12(14)9-19/h6-8,12,14H,3-5,9,19H2,1-2H3,(H,20,24). The predicted molar refractivity (Wildman–Crippen MR) is 93.5 cm³/mol. The summed E-state index contributed by atoms with van der Waals surface area (Å²) in [4.78, 5) is 17.1. The van der Waals surface area contributed by atoms with Crippen molar-refractivity contribution < 1.29 is 4.79 Å². The third-order valence-electron chi connectivity index (χ3n) is 4.55. The van der Waals surface area contributed by atoms with Gasteiger partial charge in [-0.1, -0.05) is 18.0 Å². The Bertz CT molecular complexity index is 757. The number of pyridine rings is 1. The molecule has 128 valence electrons. The lowest BCUT2D eigenvalue weighted by Gasteiger charge is -2.19. The fourth-order valence-corrected chi connectivity index (χ4v) is 3.51. The summed E-state index contributed by atoms with van der Waals surface area (Å²) in [7, 11) is 0. The van der Waals surface area contributed by atoms with E-state index in [0.29, 0.717) is 23.3 Å². The number of hydrogen-bond acceptors (Lipinski definition) is 4. The van der Waals surface area contributed by atoms with Crippen molar-refractivity contribution in [2.45, 2.75) is 39.2 Å². The quantitative estimate of drug-likeness (QED) is 0.889. The molecule has 0 bridgehead atoms. The fraction of sp³-hybridized carbons (Fsp3) is 0.471. The van der Waals surface area contributed by atoms with Crippen LogP contribution in [0.3, 0.4) is 0 Å². The first-order chi connectivity index (χ1) is 11.5. The maximum absolute atomic E-state index is 12.6. The van der Waals surface area contributed by atoms with Crippen LogP contribution in [0.1, 0.15) is 41.1 Å². The van der Waals surface area contributed by atoms with Gasteiger partial charge >= 0.3 is 0 Å². The number of halogens is 1. The van der Waals surface area contributed by atoms with Crippen LogP contribution in [0.2, 0.25) is 5.02 Å². The molecule has 24 heavy (non-hydrogen) atoms. The summed E-state index contributed by atoms with van der Waals surface area (Å²) in [6, 6.07) is 5.50. The number of rotatable bonds is 4. The number of amides is 1. The van der Waals surface area contributed by atoms with Crippen LogP contribution in [0, 0.1) is 19.8 Å². The van der Waals surface area contributed by atoms with E-state index in [0.717, 1.165) is 30.7 Å². The molecule has 1 aliphatic carbocycles. The van der Waals surface area contributed by atoms with Gasteiger partial charge in [0.05, 0.1) is 10.7 Å². The van der Waals surface area contributed by atoms with E-state index >= 15 is 0 Å². The minimum absolute atomic E-state index is 0.0951. The lowest BCUT2D eigenvalue weighted by molar-refractivity contribution is 0.0924. The van der Waals surface area contributed by atoms with Gasteiger partial charge in [0.25, 0.3) is 5.91 Å². The van der Waals surface area contributed by atoms with Crippen LogP contribution in [-0.4, -0.2) is 33.3 Å². The third kappa shape index (κ3) is 3.30. The van der Waals surface area contributed by atoms with Gasteiger partial charge in [-0.25, -0.2) is 9.67 Å². The second-order valence-electron chi connectivity index (χ2n) is 6.35. The summed E-state index contributed by atoms with van der Waals surface area (Å²) in [5.41, 5.74) is 7.86. The summed E-state index contributed by atoms with van der Waals surface area (Å²) in [6.45, 7) is 4.44. The van der Waals surface area contributed by atoms with Crippen molar-refractivity contribution in [2.24, 2.45) is 11.7 Å². The summed E-state index contributed by atoms with van der Waals surface area (Å²) in [5.74, 6) is 0.651. The smallest absolute Gasteiger partial charge is 0.271 e. The van der Waals surface area contributed by atoms with Crippen LogP contribution >= 0.6 is 11.6 Å². The number of carbonyl (C=O) groups excluding carboxylic acids is 1. The van der Waals surface area contributed by atoms with E-state index in [-0.39, 0.29) is 17.6 Å². The number of aryl methyl sites for hydroxylation is 2. The average molecular weight is 348 g/mol. The predicted octanol–water partition coefficient (Wildman–Crippen LogP) is 2.39. The second-order valence-corrected chi connectivity index (χ2v) is 6.75. The number of nitrogens with one attached hydrogen (secondary N) is 1. The Labute approximate surface area is 146 Å². The summed E-state index contributed by atoms with van der Waals surface area (Å²) in [6.07, 6.45) is 3.08. The maximum atomic E-state index is 12.6. The third-order valence-corrected chi connectivity index (χ3v) is 4.86. The summed E-state index contributed by atoms with van der Waals surface area (Å²) >= 11 is 6.20. The normalized spacial score (nSPS) is 20.3. The van der Waals surface area contributed by atoms with Gasteiger partial charge in [0.15, 0.2) is 5.82 Å². The molecule has 0 spiro atoms.